The molecule has 0 aromatic heterocycles. The molecule has 2 atom stereocenters. The Morgan fingerprint density at radius 3 is 2.74 bits per heavy atom. The van der Waals surface area contributed by atoms with Gasteiger partial charge in [-0.2, -0.15) is 0 Å². The van der Waals surface area contributed by atoms with Crippen molar-refractivity contribution in [2.45, 2.75) is 18.6 Å². The normalized spacial score (nSPS) is 19.5. The molecule has 1 aliphatic heterocycles. The highest BCUT2D eigenvalue weighted by atomic mass is 16.3. The molecule has 0 spiro atoms. The van der Waals surface area contributed by atoms with Crippen LogP contribution in [0.3, 0.4) is 0 Å². The summed E-state index contributed by atoms with van der Waals surface area (Å²) in [6.07, 6.45) is -0.0783. The summed E-state index contributed by atoms with van der Waals surface area (Å²) >= 11 is 0. The van der Waals surface area contributed by atoms with E-state index < -0.39 is 12.1 Å². The number of aliphatic hydroxyl groups excluding tert-OH is 1. The number of amides is 1. The molecule has 1 aromatic rings. The van der Waals surface area contributed by atoms with Crippen LogP contribution in [0.25, 0.3) is 11.3 Å². The zero-order chi connectivity index (χ0) is 15.8. The average Bonchev–Trinajstić information content (AvgIpc) is 3.00. The molecule has 0 unspecified atom stereocenters. The molecule has 0 bridgehead atoms. The molecule has 114 valence electrons. The van der Waals surface area contributed by atoms with Crippen LogP contribution in [0.4, 0.5) is 0 Å². The van der Waals surface area contributed by atoms with E-state index in [1.165, 1.54) is 0 Å². The van der Waals surface area contributed by atoms with E-state index in [4.69, 9.17) is 0 Å². The lowest BCUT2D eigenvalue weighted by Crippen LogP contribution is -2.34. The van der Waals surface area contributed by atoms with Crippen LogP contribution in [-0.4, -0.2) is 27.3 Å². The first kappa shape index (κ1) is 13.8. The molecule has 0 fully saturated rings. The van der Waals surface area contributed by atoms with E-state index in [1.54, 1.807) is 0 Å². The molecule has 5 heteroatoms. The third-order valence-electron chi connectivity index (χ3n) is 4.23. The first-order valence-corrected chi connectivity index (χ1v) is 7.52. The van der Waals surface area contributed by atoms with Gasteiger partial charge < -0.3 is 10.4 Å². The van der Waals surface area contributed by atoms with Gasteiger partial charge in [0.15, 0.2) is 5.69 Å². The molecule has 3 aliphatic rings. The Kier molecular flexibility index (Phi) is 3.28. The molecular weight excluding hydrogens is 290 g/mol. The summed E-state index contributed by atoms with van der Waals surface area (Å²) < 4.78 is 0. The predicted molar refractivity (Wildman–Crippen MR) is 85.0 cm³/mol. The first-order chi connectivity index (χ1) is 11.2. The van der Waals surface area contributed by atoms with E-state index in [1.807, 2.05) is 54.6 Å². The second-order valence-electron chi connectivity index (χ2n) is 5.68. The van der Waals surface area contributed by atoms with E-state index in [2.05, 4.69) is 15.5 Å². The summed E-state index contributed by atoms with van der Waals surface area (Å²) in [5, 5.41) is 21.2. The summed E-state index contributed by atoms with van der Waals surface area (Å²) in [6, 6.07) is 16.6. The zero-order valence-electron chi connectivity index (χ0n) is 12.3. The van der Waals surface area contributed by atoms with Gasteiger partial charge in [-0.15, -0.1) is 10.2 Å². The predicted octanol–water partition coefficient (Wildman–Crippen LogP) is 1.97. The van der Waals surface area contributed by atoms with E-state index in [0.29, 0.717) is 17.7 Å². The minimum atomic E-state index is -0.623. The van der Waals surface area contributed by atoms with E-state index in [9.17, 15) is 9.90 Å². The van der Waals surface area contributed by atoms with Crippen LogP contribution in [0, 0.1) is 0 Å². The largest absolute Gasteiger partial charge is 0.390 e. The summed E-state index contributed by atoms with van der Waals surface area (Å²) in [5.74, 6) is -0.320. The van der Waals surface area contributed by atoms with Gasteiger partial charge in [-0.3, -0.25) is 4.79 Å². The van der Waals surface area contributed by atoms with Gasteiger partial charge in [0.2, 0.25) is 0 Å². The number of benzene rings is 1. The van der Waals surface area contributed by atoms with Crippen molar-refractivity contribution in [3.63, 3.8) is 0 Å². The minimum absolute atomic E-state index is 0.285. The number of nitrogens with zero attached hydrogens (tertiary/aromatic N) is 2. The quantitative estimate of drug-likeness (QED) is 0.759. The second kappa shape index (κ2) is 5.44. The van der Waals surface area contributed by atoms with Crippen LogP contribution in [-0.2, 0) is 6.42 Å². The maximum absolute atomic E-state index is 12.6. The van der Waals surface area contributed by atoms with E-state index in [-0.39, 0.29) is 11.6 Å². The molecule has 4 rings (SSSR count). The van der Waals surface area contributed by atoms with E-state index in [0.717, 1.165) is 11.1 Å². The highest BCUT2D eigenvalue weighted by Gasteiger charge is 2.33. The Morgan fingerprint density at radius 1 is 1.04 bits per heavy atom. The zero-order valence-corrected chi connectivity index (χ0v) is 12.3. The second-order valence-corrected chi connectivity index (χ2v) is 5.68. The Hall–Kier alpha value is -2.79. The van der Waals surface area contributed by atoms with Gasteiger partial charge in [0.05, 0.1) is 17.8 Å². The molecule has 2 aliphatic carbocycles. The van der Waals surface area contributed by atoms with Gasteiger partial charge in [0.25, 0.3) is 5.91 Å². The molecule has 1 heterocycles. The third-order valence-corrected chi connectivity index (χ3v) is 4.23. The minimum Gasteiger partial charge on any atom is -0.390 e. The highest BCUT2D eigenvalue weighted by Crippen LogP contribution is 2.32. The number of nitrogens with one attached hydrogen (secondary N) is 1. The molecule has 23 heavy (non-hydrogen) atoms. The first-order valence-electron chi connectivity index (χ1n) is 7.52. The Balaban J connectivity index is 1.64. The lowest BCUT2D eigenvalue weighted by Gasteiger charge is -2.17. The number of carbonyl (C=O) groups excluding carboxylic acids is 1. The number of fused-ring (bicyclic) bond motifs is 2. The van der Waals surface area contributed by atoms with Gasteiger partial charge in [0.1, 0.15) is 0 Å². The number of hydrogen-bond donors (Lipinski definition) is 2. The summed E-state index contributed by atoms with van der Waals surface area (Å²) in [4.78, 5) is 12.6. The van der Waals surface area contributed by atoms with Crippen LogP contribution in [0.2, 0.25) is 0 Å². The monoisotopic (exact) mass is 305 g/mol. The fourth-order valence-corrected chi connectivity index (χ4v) is 3.11. The molecule has 0 saturated heterocycles. The van der Waals surface area contributed by atoms with Crippen molar-refractivity contribution >= 4 is 5.91 Å². The van der Waals surface area contributed by atoms with Crippen LogP contribution >= 0.6 is 0 Å². The van der Waals surface area contributed by atoms with Gasteiger partial charge in [-0.25, -0.2) is 0 Å². The molecule has 5 nitrogen and oxygen atoms in total. The molecule has 2 N–H and O–H groups in total. The molecule has 1 amide bonds. The number of carbonyl (C=O) groups is 1. The van der Waals surface area contributed by atoms with Crippen LogP contribution in [0.1, 0.15) is 27.7 Å². The lowest BCUT2D eigenvalue weighted by molar-refractivity contribution is 0.0854. The Labute approximate surface area is 133 Å². The third kappa shape index (κ3) is 2.35. The maximum atomic E-state index is 12.6. The number of hydrogen-bond acceptors (Lipinski definition) is 4. The van der Waals surface area contributed by atoms with Gasteiger partial charge in [-0.1, -0.05) is 48.5 Å². The van der Waals surface area contributed by atoms with Crippen molar-refractivity contribution in [1.82, 2.24) is 15.5 Å². The fourth-order valence-electron chi connectivity index (χ4n) is 3.11. The lowest BCUT2D eigenvalue weighted by atomic mass is 10.1. The van der Waals surface area contributed by atoms with Crippen molar-refractivity contribution in [3.05, 3.63) is 71.4 Å². The summed E-state index contributed by atoms with van der Waals surface area (Å²) in [6.45, 7) is 0. The molecule has 1 aromatic carbocycles. The number of rotatable bonds is 2. The van der Waals surface area contributed by atoms with Crippen LogP contribution in [0.15, 0.2) is 54.6 Å². The molecule has 0 saturated carbocycles. The average molecular weight is 305 g/mol. The topological polar surface area (TPSA) is 75.1 Å². The fraction of sp³-hybridized carbons (Fsp3) is 0.167. The maximum Gasteiger partial charge on any atom is 0.273 e. The van der Waals surface area contributed by atoms with Crippen LogP contribution < -0.4 is 5.32 Å². The molecular formula is C18H15N3O2. The number of aromatic nitrogens is 2. The van der Waals surface area contributed by atoms with Crippen molar-refractivity contribution in [2.75, 3.05) is 0 Å². The Bertz CT molecular complexity index is 849. The van der Waals surface area contributed by atoms with Gasteiger partial charge >= 0.3 is 0 Å². The SMILES string of the molecule is O=C(N[C@H]1c2ccccc2C[C@H]1O)c1nnc2cccccc1-2. The highest BCUT2D eigenvalue weighted by molar-refractivity contribution is 5.99. The van der Waals surface area contributed by atoms with E-state index >= 15 is 0 Å². The summed E-state index contributed by atoms with van der Waals surface area (Å²) in [7, 11) is 0. The molecule has 0 radical (unpaired) electrons. The standard InChI is InChI=1S/C18H15N3O2/c22-15-10-11-6-4-5-7-12(11)16(15)19-18(23)17-13-8-2-1-3-9-14(13)20-21-17/h1-9,15-16,22H,10H2,(H,19,23)/t15-,16+/m1/s1. The van der Waals surface area contributed by atoms with Crippen molar-refractivity contribution in [2.24, 2.45) is 0 Å². The van der Waals surface area contributed by atoms with Crippen molar-refractivity contribution in [1.29, 1.82) is 0 Å². The number of aliphatic hydroxyl groups is 1. The van der Waals surface area contributed by atoms with Crippen LogP contribution in [0.5, 0.6) is 0 Å². The summed E-state index contributed by atoms with van der Waals surface area (Å²) in [5.41, 5.74) is 3.69. The van der Waals surface area contributed by atoms with Crippen molar-refractivity contribution < 1.29 is 9.90 Å². The van der Waals surface area contributed by atoms with Gasteiger partial charge in [-0.05, 0) is 17.2 Å². The van der Waals surface area contributed by atoms with Crippen molar-refractivity contribution in [3.8, 4) is 11.3 Å². The smallest absolute Gasteiger partial charge is 0.273 e. The Morgan fingerprint density at radius 2 is 1.83 bits per heavy atom. The van der Waals surface area contributed by atoms with Gasteiger partial charge in [0, 0.05) is 12.0 Å².